The first kappa shape index (κ1) is 8.39. The lowest BCUT2D eigenvalue weighted by atomic mass is 10.1. The fraction of sp³-hybridized carbons (Fsp3) is 0.125. The molecule has 0 heterocycles. The maximum atomic E-state index is 10.6. The van der Waals surface area contributed by atoms with E-state index in [1.165, 1.54) is 6.07 Å². The molecule has 0 saturated carbocycles. The summed E-state index contributed by atoms with van der Waals surface area (Å²) >= 11 is 0. The lowest BCUT2D eigenvalue weighted by Gasteiger charge is -2.05. The average molecular weight is 167 g/mol. The van der Waals surface area contributed by atoms with Crippen molar-refractivity contribution in [3.05, 3.63) is 23.8 Å². The molecule has 0 spiro atoms. The summed E-state index contributed by atoms with van der Waals surface area (Å²) in [6.07, 6.45) is 0. The molecular weight excluding hydrogens is 158 g/mol. The number of nitrogens with one attached hydrogen (secondary N) is 1. The number of rotatable bonds is 2. The monoisotopic (exact) mass is 167 g/mol. The Morgan fingerprint density at radius 2 is 2.17 bits per heavy atom. The summed E-state index contributed by atoms with van der Waals surface area (Å²) in [7, 11) is 1.60. The van der Waals surface area contributed by atoms with Crippen molar-refractivity contribution in [2.45, 2.75) is 0 Å². The van der Waals surface area contributed by atoms with E-state index in [2.05, 4.69) is 5.32 Å². The fourth-order valence-electron chi connectivity index (χ4n) is 0.973. The number of benzene rings is 1. The van der Waals surface area contributed by atoms with Crippen molar-refractivity contribution in [3.63, 3.8) is 0 Å². The van der Waals surface area contributed by atoms with Gasteiger partial charge in [0.05, 0.1) is 5.69 Å². The molecule has 0 aromatic heterocycles. The molecule has 4 nitrogen and oxygen atoms in total. The highest BCUT2D eigenvalue weighted by atomic mass is 16.4. The van der Waals surface area contributed by atoms with Gasteiger partial charge >= 0.3 is 5.97 Å². The molecule has 0 unspecified atom stereocenters. The minimum Gasteiger partial charge on any atom is -0.507 e. The lowest BCUT2D eigenvalue weighted by Crippen LogP contribution is -2.02. The van der Waals surface area contributed by atoms with Crippen molar-refractivity contribution < 1.29 is 15.0 Å². The summed E-state index contributed by atoms with van der Waals surface area (Å²) in [5.41, 5.74) is 0.308. The van der Waals surface area contributed by atoms with Gasteiger partial charge in [-0.15, -0.1) is 0 Å². The molecule has 3 N–H and O–H groups in total. The Morgan fingerprint density at radius 3 is 2.58 bits per heavy atom. The number of hydrogen-bond donors (Lipinski definition) is 3. The quantitative estimate of drug-likeness (QED) is 0.617. The highest BCUT2D eigenvalue weighted by molar-refractivity contribution is 5.97. The van der Waals surface area contributed by atoms with Crippen LogP contribution in [0.4, 0.5) is 5.69 Å². The van der Waals surface area contributed by atoms with Crippen molar-refractivity contribution in [1.29, 1.82) is 0 Å². The fourth-order valence-corrected chi connectivity index (χ4v) is 0.973. The van der Waals surface area contributed by atoms with Crippen molar-refractivity contribution in [1.82, 2.24) is 0 Å². The number of aromatic hydroxyl groups is 1. The van der Waals surface area contributed by atoms with Crippen LogP contribution in [0.1, 0.15) is 10.4 Å². The molecule has 0 aliphatic rings. The Balaban J connectivity index is 3.29. The van der Waals surface area contributed by atoms with Crippen LogP contribution in [0.15, 0.2) is 18.2 Å². The summed E-state index contributed by atoms with van der Waals surface area (Å²) in [4.78, 5) is 10.6. The predicted octanol–water partition coefficient (Wildman–Crippen LogP) is 1.13. The van der Waals surface area contributed by atoms with Gasteiger partial charge in [0.15, 0.2) is 0 Å². The third-order valence-electron chi connectivity index (χ3n) is 1.53. The minimum atomic E-state index is -1.14. The first-order chi connectivity index (χ1) is 5.66. The Morgan fingerprint density at radius 1 is 1.50 bits per heavy atom. The molecule has 1 aromatic rings. The molecule has 0 amide bonds. The number of carboxylic acids is 1. The van der Waals surface area contributed by atoms with Gasteiger partial charge in [-0.25, -0.2) is 4.79 Å². The van der Waals surface area contributed by atoms with Crippen LogP contribution in [-0.2, 0) is 0 Å². The van der Waals surface area contributed by atoms with Gasteiger partial charge in [0, 0.05) is 7.05 Å². The third-order valence-corrected chi connectivity index (χ3v) is 1.53. The molecule has 1 aromatic carbocycles. The molecule has 12 heavy (non-hydrogen) atoms. The van der Waals surface area contributed by atoms with Crippen molar-refractivity contribution in [2.75, 3.05) is 12.4 Å². The van der Waals surface area contributed by atoms with E-state index in [9.17, 15) is 9.90 Å². The smallest absolute Gasteiger partial charge is 0.341 e. The molecule has 0 saturated heterocycles. The zero-order valence-corrected chi connectivity index (χ0v) is 6.53. The second-order valence-corrected chi connectivity index (χ2v) is 2.25. The molecule has 1 rings (SSSR count). The largest absolute Gasteiger partial charge is 0.507 e. The molecule has 0 atom stereocenters. The van der Waals surface area contributed by atoms with Crippen molar-refractivity contribution >= 4 is 11.7 Å². The van der Waals surface area contributed by atoms with Gasteiger partial charge in [-0.1, -0.05) is 6.07 Å². The standard InChI is InChI=1S/C8H9NO3/c1-9-5-3-2-4-6(10)7(5)8(11)12/h2-4,9-10H,1H3,(H,11,12). The van der Waals surface area contributed by atoms with Gasteiger partial charge in [0.1, 0.15) is 11.3 Å². The summed E-state index contributed by atoms with van der Waals surface area (Å²) in [6.45, 7) is 0. The Hall–Kier alpha value is -1.71. The zero-order chi connectivity index (χ0) is 9.14. The van der Waals surface area contributed by atoms with E-state index in [1.54, 1.807) is 19.2 Å². The van der Waals surface area contributed by atoms with E-state index < -0.39 is 5.97 Å². The van der Waals surface area contributed by atoms with Crippen LogP contribution in [0, 0.1) is 0 Å². The van der Waals surface area contributed by atoms with Crippen molar-refractivity contribution in [3.8, 4) is 5.75 Å². The first-order valence-corrected chi connectivity index (χ1v) is 3.40. The van der Waals surface area contributed by atoms with Gasteiger partial charge < -0.3 is 15.5 Å². The number of anilines is 1. The summed E-state index contributed by atoms with van der Waals surface area (Å²) in [6, 6.07) is 4.50. The number of aromatic carboxylic acids is 1. The topological polar surface area (TPSA) is 69.6 Å². The third kappa shape index (κ3) is 1.32. The van der Waals surface area contributed by atoms with E-state index in [-0.39, 0.29) is 11.3 Å². The average Bonchev–Trinajstić information content (AvgIpc) is 2.03. The summed E-state index contributed by atoms with van der Waals surface area (Å²) in [5, 5.41) is 20.5. The molecular formula is C8H9NO3. The SMILES string of the molecule is CNc1cccc(O)c1C(=O)O. The van der Waals surface area contributed by atoms with Crippen LogP contribution in [0.5, 0.6) is 5.75 Å². The lowest BCUT2D eigenvalue weighted by molar-refractivity contribution is 0.0695. The van der Waals surface area contributed by atoms with E-state index in [1.807, 2.05) is 0 Å². The minimum absolute atomic E-state index is 0.0972. The zero-order valence-electron chi connectivity index (χ0n) is 6.53. The molecule has 0 radical (unpaired) electrons. The second kappa shape index (κ2) is 3.13. The maximum absolute atomic E-state index is 10.6. The highest BCUT2D eigenvalue weighted by Crippen LogP contribution is 2.24. The Labute approximate surface area is 69.5 Å². The van der Waals surface area contributed by atoms with Crippen LogP contribution >= 0.6 is 0 Å². The van der Waals surface area contributed by atoms with Crippen molar-refractivity contribution in [2.24, 2.45) is 0 Å². The summed E-state index contributed by atoms with van der Waals surface area (Å²) < 4.78 is 0. The maximum Gasteiger partial charge on any atom is 0.341 e. The van der Waals surface area contributed by atoms with Gasteiger partial charge in [-0.05, 0) is 12.1 Å². The van der Waals surface area contributed by atoms with Gasteiger partial charge in [-0.2, -0.15) is 0 Å². The number of phenols is 1. The summed E-state index contributed by atoms with van der Waals surface area (Å²) in [5.74, 6) is -1.37. The van der Waals surface area contributed by atoms with Gasteiger partial charge in [-0.3, -0.25) is 0 Å². The van der Waals surface area contributed by atoms with Gasteiger partial charge in [0.2, 0.25) is 0 Å². The van der Waals surface area contributed by atoms with Crippen LogP contribution < -0.4 is 5.32 Å². The first-order valence-electron chi connectivity index (χ1n) is 3.40. The van der Waals surface area contributed by atoms with E-state index in [0.717, 1.165) is 0 Å². The molecule has 4 heteroatoms. The van der Waals surface area contributed by atoms with Crippen LogP contribution in [0.25, 0.3) is 0 Å². The molecule has 0 fully saturated rings. The van der Waals surface area contributed by atoms with Crippen LogP contribution in [0.2, 0.25) is 0 Å². The predicted molar refractivity (Wildman–Crippen MR) is 44.6 cm³/mol. The van der Waals surface area contributed by atoms with Gasteiger partial charge in [0.25, 0.3) is 0 Å². The van der Waals surface area contributed by atoms with E-state index >= 15 is 0 Å². The second-order valence-electron chi connectivity index (χ2n) is 2.25. The molecule has 64 valence electrons. The molecule has 0 aliphatic heterocycles. The van der Waals surface area contributed by atoms with E-state index in [4.69, 9.17) is 5.11 Å². The van der Waals surface area contributed by atoms with E-state index in [0.29, 0.717) is 5.69 Å². The Bertz CT molecular complexity index is 309. The Kier molecular flexibility index (Phi) is 2.19. The normalized spacial score (nSPS) is 9.42. The molecule has 0 aliphatic carbocycles. The number of hydrogen-bond acceptors (Lipinski definition) is 3. The molecule has 0 bridgehead atoms. The van der Waals surface area contributed by atoms with Crippen LogP contribution in [0.3, 0.4) is 0 Å². The number of carbonyl (C=O) groups is 1. The van der Waals surface area contributed by atoms with Crippen LogP contribution in [-0.4, -0.2) is 23.2 Å². The number of carboxylic acid groups (broad SMARTS) is 1. The highest BCUT2D eigenvalue weighted by Gasteiger charge is 2.13.